The normalized spacial score (nSPS) is 12.8. The molecule has 1 aliphatic carbocycles. The number of amidine groups is 1. The largest absolute Gasteiger partial charge is 0.511 e. The van der Waals surface area contributed by atoms with Crippen LogP contribution in [0.25, 0.3) is 17.2 Å². The molecular formula is C44H55N5O10. The van der Waals surface area contributed by atoms with Crippen LogP contribution < -0.4 is 21.1 Å². The van der Waals surface area contributed by atoms with Crippen molar-refractivity contribution < 1.29 is 47.7 Å². The van der Waals surface area contributed by atoms with E-state index in [9.17, 15) is 24.0 Å². The Bertz CT molecular complexity index is 1980. The molecule has 59 heavy (non-hydrogen) atoms. The number of hydrogen-bond donors (Lipinski definition) is 3. The van der Waals surface area contributed by atoms with Crippen LogP contribution in [0.2, 0.25) is 0 Å². The molecule has 15 nitrogen and oxygen atoms in total. The van der Waals surface area contributed by atoms with E-state index < -0.39 is 36.3 Å². The molecule has 0 aliphatic heterocycles. The molecule has 1 fully saturated rings. The SMILES string of the molecule is C=Cc1cc(C(=O)Nc2ccc(C(N)=NC(=O)OCCCCCC)cc2)c(-c2ccc(C(=O)NCC3CC3)nc2C(=O)OC(C)OC(=O)OCCCCCC)cc1OC. The van der Waals surface area contributed by atoms with Gasteiger partial charge in [-0.1, -0.05) is 65.0 Å². The van der Waals surface area contributed by atoms with E-state index in [1.54, 1.807) is 30.3 Å². The Morgan fingerprint density at radius 3 is 2.19 bits per heavy atom. The number of rotatable bonds is 22. The number of aromatic nitrogens is 1. The van der Waals surface area contributed by atoms with E-state index in [1.165, 1.54) is 38.3 Å². The van der Waals surface area contributed by atoms with Gasteiger partial charge in [-0.15, -0.1) is 0 Å². The van der Waals surface area contributed by atoms with Gasteiger partial charge in [0.1, 0.15) is 17.3 Å². The third-order valence-corrected chi connectivity index (χ3v) is 9.32. The summed E-state index contributed by atoms with van der Waals surface area (Å²) in [5.41, 5.74) is 7.36. The van der Waals surface area contributed by atoms with E-state index in [0.29, 0.717) is 41.4 Å². The van der Waals surface area contributed by atoms with Crippen molar-refractivity contribution in [1.82, 2.24) is 10.3 Å². The summed E-state index contributed by atoms with van der Waals surface area (Å²) in [5.74, 6) is -1.46. The molecule has 4 N–H and O–H groups in total. The number of pyridine rings is 1. The van der Waals surface area contributed by atoms with Gasteiger partial charge in [-0.2, -0.15) is 4.99 Å². The summed E-state index contributed by atoms with van der Waals surface area (Å²) in [4.78, 5) is 73.8. The minimum Gasteiger partial charge on any atom is -0.496 e. The van der Waals surface area contributed by atoms with Crippen molar-refractivity contribution in [3.63, 3.8) is 0 Å². The first kappa shape index (κ1) is 45.5. The molecule has 0 bridgehead atoms. The maximum absolute atomic E-state index is 14.1. The number of carbonyl (C=O) groups is 5. The van der Waals surface area contributed by atoms with Crippen LogP contribution in [0, 0.1) is 5.92 Å². The monoisotopic (exact) mass is 813 g/mol. The Morgan fingerprint density at radius 2 is 1.56 bits per heavy atom. The zero-order chi connectivity index (χ0) is 42.7. The molecular weight excluding hydrogens is 759 g/mol. The van der Waals surface area contributed by atoms with Crippen molar-refractivity contribution in [2.24, 2.45) is 16.6 Å². The number of methoxy groups -OCH3 is 1. The molecule has 1 heterocycles. The molecule has 3 amide bonds. The fourth-order valence-corrected chi connectivity index (χ4v) is 5.84. The van der Waals surface area contributed by atoms with E-state index in [-0.39, 0.29) is 47.1 Å². The summed E-state index contributed by atoms with van der Waals surface area (Å²) < 4.78 is 26.5. The van der Waals surface area contributed by atoms with Crippen molar-refractivity contribution in [3.8, 4) is 16.9 Å². The van der Waals surface area contributed by atoms with Gasteiger partial charge in [-0.25, -0.2) is 19.4 Å². The minimum absolute atomic E-state index is 0.0508. The highest BCUT2D eigenvalue weighted by Crippen LogP contribution is 2.35. The Hall–Kier alpha value is -6.25. The zero-order valence-corrected chi connectivity index (χ0v) is 34.3. The Balaban J connectivity index is 1.62. The number of carbonyl (C=O) groups excluding carboxylic acids is 5. The van der Waals surface area contributed by atoms with Crippen molar-refractivity contribution in [3.05, 3.63) is 83.2 Å². The highest BCUT2D eigenvalue weighted by Gasteiger charge is 2.28. The molecule has 15 heteroatoms. The lowest BCUT2D eigenvalue weighted by Crippen LogP contribution is -2.28. The lowest BCUT2D eigenvalue weighted by atomic mass is 9.94. The van der Waals surface area contributed by atoms with E-state index in [0.717, 1.165) is 57.8 Å². The number of nitrogens with zero attached hydrogens (tertiary/aromatic N) is 2. The average molecular weight is 814 g/mol. The highest BCUT2D eigenvalue weighted by atomic mass is 16.8. The molecule has 0 spiro atoms. The molecule has 0 radical (unpaired) electrons. The number of nitrogens with two attached hydrogens (primary N) is 1. The number of aliphatic imine (C=N–C) groups is 1. The summed E-state index contributed by atoms with van der Waals surface area (Å²) in [6, 6.07) is 12.3. The van der Waals surface area contributed by atoms with Crippen LogP contribution in [0.15, 0.2) is 60.1 Å². The number of ether oxygens (including phenoxy) is 5. The Kier molecular flexibility index (Phi) is 17.9. The Morgan fingerprint density at radius 1 is 0.881 bits per heavy atom. The van der Waals surface area contributed by atoms with E-state index >= 15 is 0 Å². The van der Waals surface area contributed by atoms with Crippen LogP contribution in [-0.2, 0) is 18.9 Å². The van der Waals surface area contributed by atoms with Gasteiger partial charge in [0.15, 0.2) is 5.69 Å². The smallest absolute Gasteiger partial charge is 0.496 e. The van der Waals surface area contributed by atoms with Gasteiger partial charge in [-0.05, 0) is 80.1 Å². The van der Waals surface area contributed by atoms with Gasteiger partial charge in [0.2, 0.25) is 6.29 Å². The van der Waals surface area contributed by atoms with Crippen molar-refractivity contribution in [2.75, 3.05) is 32.2 Å². The van der Waals surface area contributed by atoms with Crippen molar-refractivity contribution in [1.29, 1.82) is 0 Å². The first-order valence-corrected chi connectivity index (χ1v) is 20.1. The lowest BCUT2D eigenvalue weighted by Gasteiger charge is -2.18. The predicted octanol–water partition coefficient (Wildman–Crippen LogP) is 8.45. The second kappa shape index (κ2) is 23.2. The maximum atomic E-state index is 14.1. The molecule has 1 atom stereocenters. The summed E-state index contributed by atoms with van der Waals surface area (Å²) in [5, 5.41) is 5.68. The molecule has 316 valence electrons. The summed E-state index contributed by atoms with van der Waals surface area (Å²) in [6.45, 7) is 10.2. The summed E-state index contributed by atoms with van der Waals surface area (Å²) >= 11 is 0. The maximum Gasteiger partial charge on any atom is 0.511 e. The van der Waals surface area contributed by atoms with E-state index in [1.807, 2.05) is 0 Å². The predicted molar refractivity (Wildman–Crippen MR) is 223 cm³/mol. The highest BCUT2D eigenvalue weighted by molar-refractivity contribution is 6.11. The van der Waals surface area contributed by atoms with Crippen LogP contribution in [0.1, 0.15) is 127 Å². The summed E-state index contributed by atoms with van der Waals surface area (Å²) in [6.07, 6.45) is 7.73. The topological polar surface area (TPSA) is 207 Å². The van der Waals surface area contributed by atoms with Gasteiger partial charge < -0.3 is 40.1 Å². The number of anilines is 1. The molecule has 2 aromatic carbocycles. The second-order valence-electron chi connectivity index (χ2n) is 14.0. The van der Waals surface area contributed by atoms with Crippen LogP contribution in [0.3, 0.4) is 0 Å². The number of amides is 3. The van der Waals surface area contributed by atoms with Gasteiger partial charge in [0, 0.05) is 47.0 Å². The van der Waals surface area contributed by atoms with E-state index in [2.05, 4.69) is 41.0 Å². The van der Waals surface area contributed by atoms with Crippen molar-refractivity contribution >= 4 is 47.6 Å². The lowest BCUT2D eigenvalue weighted by molar-refractivity contribution is -0.0823. The number of unbranched alkanes of at least 4 members (excludes halogenated alkanes) is 6. The fourth-order valence-electron chi connectivity index (χ4n) is 5.84. The third kappa shape index (κ3) is 14.3. The summed E-state index contributed by atoms with van der Waals surface area (Å²) in [7, 11) is 1.44. The fraction of sp³-hybridized carbons (Fsp3) is 0.432. The number of hydrogen-bond acceptors (Lipinski definition) is 11. The molecule has 3 aromatic rings. The molecule has 0 saturated heterocycles. The minimum atomic E-state index is -1.39. The molecule has 1 saturated carbocycles. The average Bonchev–Trinajstić information content (AvgIpc) is 4.07. The number of benzene rings is 2. The van der Waals surface area contributed by atoms with Crippen LogP contribution in [0.5, 0.6) is 5.75 Å². The second-order valence-corrected chi connectivity index (χ2v) is 14.0. The van der Waals surface area contributed by atoms with Gasteiger partial charge in [0.05, 0.1) is 20.3 Å². The molecule has 1 aliphatic rings. The van der Waals surface area contributed by atoms with Crippen LogP contribution in [-0.4, -0.2) is 74.0 Å². The standard InChI is InChI=1S/C44H55N5O10/c1-6-9-11-13-23-56-43(53)49-39(45)31-17-19-32(20-18-31)47-40(50)35-25-30(8-3)37(55-5)26-34(35)33-21-22-36(41(51)46-27-29-15-16-29)48-38(33)42(52)58-28(4)59-44(54)57-24-14-12-10-7-2/h8,17-22,25-26,28-29H,3,6-7,9-16,23-24,27H2,1-2,4-5H3,(H,46,51)(H,47,50)(H2,45,49,53). The van der Waals surface area contributed by atoms with Crippen LogP contribution >= 0.6 is 0 Å². The molecule has 1 aromatic heterocycles. The first-order valence-electron chi connectivity index (χ1n) is 20.1. The van der Waals surface area contributed by atoms with Crippen LogP contribution in [0.4, 0.5) is 15.3 Å². The third-order valence-electron chi connectivity index (χ3n) is 9.32. The zero-order valence-electron chi connectivity index (χ0n) is 34.3. The van der Waals surface area contributed by atoms with Gasteiger partial charge in [-0.3, -0.25) is 9.59 Å². The molecule has 1 unspecified atom stereocenters. The van der Waals surface area contributed by atoms with E-state index in [4.69, 9.17) is 29.4 Å². The molecule has 4 rings (SSSR count). The van der Waals surface area contributed by atoms with Crippen molar-refractivity contribution in [2.45, 2.75) is 91.3 Å². The number of nitrogens with one attached hydrogen (secondary N) is 2. The number of esters is 1. The quantitative estimate of drug-likeness (QED) is 0.0218. The van der Waals surface area contributed by atoms with Gasteiger partial charge >= 0.3 is 18.2 Å². The first-order chi connectivity index (χ1) is 28.5. The Labute approximate surface area is 345 Å². The van der Waals surface area contributed by atoms with Gasteiger partial charge in [0.25, 0.3) is 11.8 Å².